The normalized spacial score (nSPS) is 58.7. The van der Waals surface area contributed by atoms with Gasteiger partial charge in [-0.2, -0.15) is 0 Å². The molecule has 0 aromatic heterocycles. The lowest BCUT2D eigenvalue weighted by Gasteiger charge is -2.64. The molecule has 176 valence electrons. The van der Waals surface area contributed by atoms with Gasteiger partial charge in [-0.05, 0) is 98.2 Å². The Bertz CT molecular complexity index is 723. The van der Waals surface area contributed by atoms with Crippen molar-refractivity contribution >= 4 is 0 Å². The molecule has 0 spiro atoms. The smallest absolute Gasteiger partial charge is 0.157 e. The molecule has 3 N–H and O–H groups in total. The number of aliphatic hydroxyl groups excluding tert-OH is 1. The van der Waals surface area contributed by atoms with Crippen molar-refractivity contribution in [2.24, 2.45) is 40.4 Å². The zero-order valence-corrected chi connectivity index (χ0v) is 19.4. The molecular formula is C26H42O5. The summed E-state index contributed by atoms with van der Waals surface area (Å²) in [6, 6.07) is 0. The maximum Gasteiger partial charge on any atom is 0.157 e. The molecule has 5 saturated carbocycles. The Hall–Kier alpha value is -0.200. The summed E-state index contributed by atoms with van der Waals surface area (Å²) in [6.07, 6.45) is 9.84. The highest BCUT2D eigenvalue weighted by Gasteiger charge is 2.73. The largest absolute Gasteiger partial charge is 0.393 e. The minimum absolute atomic E-state index is 0.0431. The molecule has 0 unspecified atom stereocenters. The van der Waals surface area contributed by atoms with E-state index in [1.54, 1.807) is 0 Å². The van der Waals surface area contributed by atoms with E-state index in [1.807, 2.05) is 0 Å². The maximum atomic E-state index is 12.3. The van der Waals surface area contributed by atoms with Gasteiger partial charge in [-0.25, -0.2) is 0 Å². The van der Waals surface area contributed by atoms with Gasteiger partial charge in [0.15, 0.2) is 6.29 Å². The molecule has 5 nitrogen and oxygen atoms in total. The Kier molecular flexibility index (Phi) is 4.76. The summed E-state index contributed by atoms with van der Waals surface area (Å²) in [5.41, 5.74) is -1.47. The van der Waals surface area contributed by atoms with Crippen LogP contribution >= 0.6 is 0 Å². The quantitative estimate of drug-likeness (QED) is 0.632. The molecular weight excluding hydrogens is 392 g/mol. The van der Waals surface area contributed by atoms with Crippen LogP contribution in [0.15, 0.2) is 0 Å². The van der Waals surface area contributed by atoms with Crippen LogP contribution in [-0.2, 0) is 9.47 Å². The highest BCUT2D eigenvalue weighted by atomic mass is 16.7. The molecule has 1 aliphatic heterocycles. The molecule has 0 bridgehead atoms. The molecule has 6 rings (SSSR count). The van der Waals surface area contributed by atoms with Crippen LogP contribution < -0.4 is 0 Å². The molecule has 5 heteroatoms. The lowest BCUT2D eigenvalue weighted by Crippen LogP contribution is -2.64. The maximum absolute atomic E-state index is 12.3. The summed E-state index contributed by atoms with van der Waals surface area (Å²) < 4.78 is 11.4. The molecule has 5 aliphatic carbocycles. The van der Waals surface area contributed by atoms with Crippen molar-refractivity contribution in [3.63, 3.8) is 0 Å². The van der Waals surface area contributed by atoms with Crippen LogP contribution in [0, 0.1) is 40.4 Å². The average molecular weight is 435 g/mol. The van der Waals surface area contributed by atoms with Crippen molar-refractivity contribution < 1.29 is 24.8 Å². The SMILES string of the molecule is C[C@]12CC[C@H]3[C@@H](CC[C@]4(O)C[C@@H](O)CC[C@]34C)[C@@H]1[C@@H]1CC[C@@H]1[C@@]2(O)CCC1OCCO1. The second kappa shape index (κ2) is 6.91. The average Bonchev–Trinajstić information content (AvgIpc) is 3.25. The molecule has 1 heterocycles. The summed E-state index contributed by atoms with van der Waals surface area (Å²) in [6.45, 7) is 6.08. The Balaban J connectivity index is 1.29. The Morgan fingerprint density at radius 3 is 2.23 bits per heavy atom. The van der Waals surface area contributed by atoms with Crippen molar-refractivity contribution in [3.8, 4) is 0 Å². The predicted octanol–water partition coefficient (Wildman–Crippen LogP) is 3.64. The van der Waals surface area contributed by atoms with Crippen molar-refractivity contribution in [2.75, 3.05) is 13.2 Å². The number of ether oxygens (including phenoxy) is 2. The monoisotopic (exact) mass is 434 g/mol. The van der Waals surface area contributed by atoms with E-state index in [9.17, 15) is 15.3 Å². The van der Waals surface area contributed by atoms with Gasteiger partial charge in [-0.3, -0.25) is 0 Å². The Labute approximate surface area is 186 Å². The van der Waals surface area contributed by atoms with Gasteiger partial charge < -0.3 is 24.8 Å². The number of hydrogen-bond acceptors (Lipinski definition) is 5. The van der Waals surface area contributed by atoms with Gasteiger partial charge in [-0.1, -0.05) is 13.8 Å². The molecule has 0 aromatic rings. The third-order valence-electron chi connectivity index (χ3n) is 11.9. The minimum Gasteiger partial charge on any atom is -0.393 e. The van der Waals surface area contributed by atoms with Crippen LogP contribution in [0.1, 0.15) is 84.5 Å². The summed E-state index contributed by atoms with van der Waals surface area (Å²) in [5, 5.41) is 34.2. The molecule has 1 saturated heterocycles. The van der Waals surface area contributed by atoms with E-state index in [1.165, 1.54) is 6.42 Å². The van der Waals surface area contributed by atoms with Crippen LogP contribution in [0.5, 0.6) is 0 Å². The van der Waals surface area contributed by atoms with Gasteiger partial charge in [0.2, 0.25) is 0 Å². The van der Waals surface area contributed by atoms with E-state index in [4.69, 9.17) is 9.47 Å². The van der Waals surface area contributed by atoms with Gasteiger partial charge in [-0.15, -0.1) is 0 Å². The van der Waals surface area contributed by atoms with Crippen LogP contribution in [-0.4, -0.2) is 52.1 Å². The lowest BCUT2D eigenvalue weighted by atomic mass is 9.42. The number of hydrogen-bond donors (Lipinski definition) is 3. The standard InChI is InChI=1S/C26H42O5/c1-23-9-5-16(27)15-25(23,28)11-6-18-19(23)7-10-24(2)22(18)17-3-4-20(17)26(24,29)12-8-21-30-13-14-31-21/h16-22,27-29H,3-15H2,1-2H3/t16-,17+,18+,19-,20-,22-,23+,24-,25-,26-/m0/s1. The Morgan fingerprint density at radius 2 is 1.52 bits per heavy atom. The highest BCUT2D eigenvalue weighted by Crippen LogP contribution is 2.75. The summed E-state index contributed by atoms with van der Waals surface area (Å²) in [7, 11) is 0. The topological polar surface area (TPSA) is 79.2 Å². The third kappa shape index (κ3) is 2.67. The van der Waals surface area contributed by atoms with Crippen molar-refractivity contribution in [3.05, 3.63) is 0 Å². The van der Waals surface area contributed by atoms with E-state index < -0.39 is 11.2 Å². The second-order valence-corrected chi connectivity index (χ2v) is 12.6. The Morgan fingerprint density at radius 1 is 0.806 bits per heavy atom. The van der Waals surface area contributed by atoms with E-state index in [-0.39, 0.29) is 23.2 Å². The first-order valence-corrected chi connectivity index (χ1v) is 13.1. The molecule has 31 heavy (non-hydrogen) atoms. The fourth-order valence-corrected chi connectivity index (χ4v) is 10.1. The number of aliphatic hydroxyl groups is 3. The van der Waals surface area contributed by atoms with E-state index in [2.05, 4.69) is 13.8 Å². The predicted molar refractivity (Wildman–Crippen MR) is 116 cm³/mol. The van der Waals surface area contributed by atoms with Crippen LogP contribution in [0.2, 0.25) is 0 Å². The fraction of sp³-hybridized carbons (Fsp3) is 1.00. The van der Waals surface area contributed by atoms with Crippen LogP contribution in [0.4, 0.5) is 0 Å². The van der Waals surface area contributed by atoms with Crippen molar-refractivity contribution in [2.45, 2.75) is 108 Å². The first-order chi connectivity index (χ1) is 14.7. The minimum atomic E-state index is -0.718. The first kappa shape index (κ1) is 21.3. The van der Waals surface area contributed by atoms with Gasteiger partial charge in [0.25, 0.3) is 0 Å². The second-order valence-electron chi connectivity index (χ2n) is 12.6. The van der Waals surface area contributed by atoms with Gasteiger partial charge in [0, 0.05) is 12.8 Å². The van der Waals surface area contributed by atoms with Crippen LogP contribution in [0.3, 0.4) is 0 Å². The van der Waals surface area contributed by atoms with Gasteiger partial charge >= 0.3 is 0 Å². The summed E-state index contributed by atoms with van der Waals surface area (Å²) in [5.74, 6) is 2.73. The molecule has 0 radical (unpaired) electrons. The number of fused-ring (bicyclic) bond motifs is 7. The zero-order valence-electron chi connectivity index (χ0n) is 19.4. The number of rotatable bonds is 3. The van der Waals surface area contributed by atoms with Gasteiger partial charge in [0.1, 0.15) is 0 Å². The molecule has 0 aromatic carbocycles. The fourth-order valence-electron chi connectivity index (χ4n) is 10.1. The molecule has 10 atom stereocenters. The van der Waals surface area contributed by atoms with Gasteiger partial charge in [0.05, 0.1) is 30.5 Å². The molecule has 0 amide bonds. The zero-order chi connectivity index (χ0) is 21.6. The summed E-state index contributed by atoms with van der Waals surface area (Å²) in [4.78, 5) is 0. The molecule has 6 aliphatic rings. The summed E-state index contributed by atoms with van der Waals surface area (Å²) >= 11 is 0. The van der Waals surface area contributed by atoms with Crippen LogP contribution in [0.25, 0.3) is 0 Å². The van der Waals surface area contributed by atoms with E-state index >= 15 is 0 Å². The third-order valence-corrected chi connectivity index (χ3v) is 11.9. The van der Waals surface area contributed by atoms with Crippen molar-refractivity contribution in [1.29, 1.82) is 0 Å². The van der Waals surface area contributed by atoms with E-state index in [0.29, 0.717) is 49.2 Å². The first-order valence-electron chi connectivity index (χ1n) is 13.1. The lowest BCUT2D eigenvalue weighted by molar-refractivity contribution is -0.229. The highest BCUT2D eigenvalue weighted by molar-refractivity contribution is 5.23. The van der Waals surface area contributed by atoms with E-state index in [0.717, 1.165) is 57.8 Å². The molecule has 6 fully saturated rings. The van der Waals surface area contributed by atoms with Crippen molar-refractivity contribution in [1.82, 2.24) is 0 Å².